The van der Waals surface area contributed by atoms with Crippen molar-refractivity contribution in [3.05, 3.63) is 77.4 Å². The highest BCUT2D eigenvalue weighted by atomic mass is 32.1. The van der Waals surface area contributed by atoms with Crippen LogP contribution in [0.1, 0.15) is 22.3 Å². The number of rotatable bonds is 6. The molecule has 2 fully saturated rings. The molecule has 2 amide bonds. The molecule has 0 saturated carbocycles. The van der Waals surface area contributed by atoms with Crippen molar-refractivity contribution in [2.24, 2.45) is 0 Å². The van der Waals surface area contributed by atoms with Crippen LogP contribution in [0.15, 0.2) is 66.3 Å². The van der Waals surface area contributed by atoms with E-state index in [1.165, 1.54) is 0 Å². The highest BCUT2D eigenvalue weighted by molar-refractivity contribution is 7.13. The zero-order valence-electron chi connectivity index (χ0n) is 17.8. The van der Waals surface area contributed by atoms with Crippen molar-refractivity contribution in [1.29, 1.82) is 0 Å². The molecule has 33 heavy (non-hydrogen) atoms. The largest absolute Gasteiger partial charge is 0.368 e. The van der Waals surface area contributed by atoms with Gasteiger partial charge in [-0.2, -0.15) is 0 Å². The monoisotopic (exact) mass is 461 g/mol. The number of carbonyl (C=O) groups is 3. The van der Waals surface area contributed by atoms with Gasteiger partial charge in [0.1, 0.15) is 18.7 Å². The van der Waals surface area contributed by atoms with Crippen molar-refractivity contribution >= 4 is 28.9 Å². The molecule has 0 aliphatic carbocycles. The minimum atomic E-state index is -0.802. The van der Waals surface area contributed by atoms with E-state index >= 15 is 0 Å². The van der Waals surface area contributed by atoms with Crippen molar-refractivity contribution in [3.8, 4) is 10.4 Å². The van der Waals surface area contributed by atoms with E-state index in [1.807, 2.05) is 41.8 Å². The summed E-state index contributed by atoms with van der Waals surface area (Å²) in [5.74, 6) is -0.671. The number of aromatic nitrogens is 1. The van der Waals surface area contributed by atoms with Crippen molar-refractivity contribution in [2.45, 2.75) is 31.0 Å². The maximum absolute atomic E-state index is 13.5. The highest BCUT2D eigenvalue weighted by Crippen LogP contribution is 2.28. The number of amides is 2. The predicted octanol–water partition coefficient (Wildman–Crippen LogP) is 2.72. The smallest absolute Gasteiger partial charge is 0.251 e. The number of pyridine rings is 1. The van der Waals surface area contributed by atoms with Crippen LogP contribution in [0.25, 0.3) is 10.4 Å². The minimum absolute atomic E-state index is 0.0388. The van der Waals surface area contributed by atoms with Crippen LogP contribution in [0.5, 0.6) is 0 Å². The Balaban J connectivity index is 1.35. The first-order valence-electron chi connectivity index (χ1n) is 10.9. The second-order valence-electron chi connectivity index (χ2n) is 8.22. The zero-order valence-corrected chi connectivity index (χ0v) is 18.7. The molecule has 0 spiro atoms. The number of thiophene rings is 1. The molecule has 4 heterocycles. The first-order chi connectivity index (χ1) is 16.1. The molecule has 1 aromatic carbocycles. The molecule has 5 rings (SSSR count). The molecule has 7 nitrogen and oxygen atoms in total. The number of hydrogen-bond donors (Lipinski definition) is 1. The third-order valence-electron chi connectivity index (χ3n) is 6.14. The molecule has 0 radical (unpaired) electrons. The van der Waals surface area contributed by atoms with Crippen LogP contribution in [-0.4, -0.2) is 58.8 Å². The van der Waals surface area contributed by atoms with E-state index in [0.717, 1.165) is 16.0 Å². The average molecular weight is 462 g/mol. The van der Waals surface area contributed by atoms with E-state index in [4.69, 9.17) is 4.74 Å². The lowest BCUT2D eigenvalue weighted by Gasteiger charge is -2.27. The molecule has 2 saturated heterocycles. The fourth-order valence-electron chi connectivity index (χ4n) is 4.47. The van der Waals surface area contributed by atoms with E-state index in [1.54, 1.807) is 40.8 Å². The van der Waals surface area contributed by atoms with E-state index in [9.17, 15) is 14.4 Å². The fraction of sp³-hybridized carbons (Fsp3) is 0.280. The molecule has 3 atom stereocenters. The van der Waals surface area contributed by atoms with Crippen LogP contribution < -0.4 is 5.32 Å². The van der Waals surface area contributed by atoms with Gasteiger partial charge < -0.3 is 15.0 Å². The second-order valence-corrected chi connectivity index (χ2v) is 9.17. The number of hydrogen-bond acceptors (Lipinski definition) is 6. The third-order valence-corrected chi connectivity index (χ3v) is 7.06. The predicted molar refractivity (Wildman–Crippen MR) is 124 cm³/mol. The number of nitrogens with zero attached hydrogens (tertiary/aromatic N) is 2. The highest BCUT2D eigenvalue weighted by Gasteiger charge is 2.48. The van der Waals surface area contributed by atoms with Crippen LogP contribution in [0.2, 0.25) is 0 Å². The molecule has 8 heteroatoms. The summed E-state index contributed by atoms with van der Waals surface area (Å²) in [5, 5.41) is 4.92. The molecule has 3 unspecified atom stereocenters. The van der Waals surface area contributed by atoms with E-state index in [0.29, 0.717) is 24.9 Å². The van der Waals surface area contributed by atoms with Crippen molar-refractivity contribution in [1.82, 2.24) is 15.2 Å². The number of carbonyl (C=O) groups excluding carboxylic acids is 3. The number of Topliss-reactive ketones (excluding diaryl/α,β-unsaturated/α-hetero) is 1. The lowest BCUT2D eigenvalue weighted by molar-refractivity contribution is -0.138. The van der Waals surface area contributed by atoms with Crippen molar-refractivity contribution in [2.75, 3.05) is 13.2 Å². The average Bonchev–Trinajstić information content (AvgIpc) is 3.59. The molecule has 2 aromatic heterocycles. The Morgan fingerprint density at radius 1 is 1.15 bits per heavy atom. The summed E-state index contributed by atoms with van der Waals surface area (Å²) >= 11 is 1.63. The van der Waals surface area contributed by atoms with Gasteiger partial charge in [0.05, 0.1) is 6.10 Å². The van der Waals surface area contributed by atoms with Gasteiger partial charge >= 0.3 is 0 Å². The zero-order chi connectivity index (χ0) is 22.8. The molecular formula is C25H23N3O4S. The number of nitrogens with one attached hydrogen (secondary N) is 1. The van der Waals surface area contributed by atoms with Crippen LogP contribution in [0.3, 0.4) is 0 Å². The first kappa shape index (κ1) is 21.5. The number of ketones is 1. The normalized spacial score (nSPS) is 20.5. The van der Waals surface area contributed by atoms with Gasteiger partial charge in [0.2, 0.25) is 5.91 Å². The van der Waals surface area contributed by atoms with Gasteiger partial charge in [-0.05, 0) is 53.3 Å². The maximum Gasteiger partial charge on any atom is 0.251 e. The van der Waals surface area contributed by atoms with Crippen molar-refractivity contribution < 1.29 is 19.1 Å². The van der Waals surface area contributed by atoms with E-state index in [-0.39, 0.29) is 30.3 Å². The Kier molecular flexibility index (Phi) is 6.02. The van der Waals surface area contributed by atoms with Gasteiger partial charge in [0, 0.05) is 35.8 Å². The van der Waals surface area contributed by atoms with Gasteiger partial charge in [0.15, 0.2) is 5.78 Å². The molecule has 2 aliphatic rings. The Morgan fingerprint density at radius 3 is 2.67 bits per heavy atom. The summed E-state index contributed by atoms with van der Waals surface area (Å²) in [4.78, 5) is 45.6. The molecule has 0 bridgehead atoms. The third kappa shape index (κ3) is 4.44. The van der Waals surface area contributed by atoms with Gasteiger partial charge in [0.25, 0.3) is 5.91 Å². The maximum atomic E-state index is 13.5. The number of ether oxygens (including phenoxy) is 1. The second kappa shape index (κ2) is 9.25. The van der Waals surface area contributed by atoms with Crippen LogP contribution in [0.4, 0.5) is 0 Å². The fourth-order valence-corrected chi connectivity index (χ4v) is 5.20. The number of likely N-dealkylation sites (tertiary alicyclic amines) is 1. The molecule has 168 valence electrons. The summed E-state index contributed by atoms with van der Waals surface area (Å²) in [6, 6.07) is 13.6. The summed E-state index contributed by atoms with van der Waals surface area (Å²) < 4.78 is 5.52. The van der Waals surface area contributed by atoms with E-state index < -0.39 is 12.1 Å². The van der Waals surface area contributed by atoms with Crippen LogP contribution in [0, 0.1) is 0 Å². The Labute approximate surface area is 195 Å². The SMILES string of the molecule is O=C(NC(Cc1ccncc1)C(=O)N1CCC2OCC(=O)C21)c1ccc(-c2cccs2)cc1. The molecular weight excluding hydrogens is 438 g/mol. The summed E-state index contributed by atoms with van der Waals surface area (Å²) in [6.07, 6.45) is 4.00. The number of benzene rings is 1. The summed E-state index contributed by atoms with van der Waals surface area (Å²) in [5.41, 5.74) is 2.39. The van der Waals surface area contributed by atoms with Gasteiger partial charge in [-0.25, -0.2) is 0 Å². The van der Waals surface area contributed by atoms with Gasteiger partial charge in [-0.1, -0.05) is 18.2 Å². The van der Waals surface area contributed by atoms with Crippen molar-refractivity contribution in [3.63, 3.8) is 0 Å². The standard InChI is InChI=1S/C25H23N3O4S/c29-20-15-32-21-9-12-28(23(20)21)25(31)19(14-16-7-10-26-11-8-16)27-24(30)18-5-3-17(4-6-18)22-2-1-13-33-22/h1-8,10-11,13,19,21,23H,9,12,14-15H2,(H,27,30). The lowest BCUT2D eigenvalue weighted by atomic mass is 10.0. The van der Waals surface area contributed by atoms with Gasteiger partial charge in [-0.15, -0.1) is 11.3 Å². The molecule has 3 aromatic rings. The quantitative estimate of drug-likeness (QED) is 0.610. The Bertz CT molecular complexity index is 1150. The lowest BCUT2D eigenvalue weighted by Crippen LogP contribution is -2.53. The molecule has 1 N–H and O–H groups in total. The van der Waals surface area contributed by atoms with E-state index in [2.05, 4.69) is 10.3 Å². The minimum Gasteiger partial charge on any atom is -0.368 e. The van der Waals surface area contributed by atoms with Crippen LogP contribution >= 0.6 is 11.3 Å². The summed E-state index contributed by atoms with van der Waals surface area (Å²) in [6.45, 7) is 0.481. The van der Waals surface area contributed by atoms with Gasteiger partial charge in [-0.3, -0.25) is 19.4 Å². The van der Waals surface area contributed by atoms with Crippen LogP contribution in [-0.2, 0) is 20.7 Å². The Morgan fingerprint density at radius 2 is 1.94 bits per heavy atom. The number of fused-ring (bicyclic) bond motifs is 1. The topological polar surface area (TPSA) is 88.6 Å². The first-order valence-corrected chi connectivity index (χ1v) is 11.8. The Hall–Kier alpha value is -3.36. The molecule has 2 aliphatic heterocycles. The summed E-state index contributed by atoms with van der Waals surface area (Å²) in [7, 11) is 0.